The van der Waals surface area contributed by atoms with Crippen molar-refractivity contribution in [3.8, 4) is 5.75 Å². The van der Waals surface area contributed by atoms with Crippen LogP contribution >= 0.6 is 0 Å². The van der Waals surface area contributed by atoms with Gasteiger partial charge in [-0.1, -0.05) is 39.0 Å². The zero-order valence-electron chi connectivity index (χ0n) is 13.5. The Morgan fingerprint density at radius 1 is 1.10 bits per heavy atom. The van der Waals surface area contributed by atoms with Crippen molar-refractivity contribution in [1.29, 1.82) is 0 Å². The lowest BCUT2D eigenvalue weighted by Crippen LogP contribution is -2.23. The van der Waals surface area contributed by atoms with Gasteiger partial charge in [-0.15, -0.1) is 0 Å². The number of hydrogen-bond acceptors (Lipinski definition) is 2. The quantitative estimate of drug-likeness (QED) is 0.731. The number of allylic oxidation sites excluding steroid dienone is 1. The summed E-state index contributed by atoms with van der Waals surface area (Å²) in [5.41, 5.74) is 0.701. The lowest BCUT2D eigenvalue weighted by atomic mass is 9.90. The van der Waals surface area contributed by atoms with Crippen LogP contribution in [0.25, 0.3) is 6.08 Å². The fourth-order valence-electron chi connectivity index (χ4n) is 1.81. The standard InChI is InChI=1S/C18H26O2/c1-17(2,3)13-15(19)12-11-14-9-7-8-10-16(14)20-18(4,5)6/h7-12H,13H2,1-6H3/b12-11+. The minimum Gasteiger partial charge on any atom is -0.488 e. The molecule has 0 atom stereocenters. The molecule has 0 aliphatic heterocycles. The second kappa shape index (κ2) is 6.25. The van der Waals surface area contributed by atoms with E-state index in [0.717, 1.165) is 11.3 Å². The van der Waals surface area contributed by atoms with Crippen LogP contribution in [0.4, 0.5) is 0 Å². The van der Waals surface area contributed by atoms with E-state index >= 15 is 0 Å². The van der Waals surface area contributed by atoms with Crippen molar-refractivity contribution in [3.63, 3.8) is 0 Å². The Kier molecular flexibility index (Phi) is 5.15. The molecular formula is C18H26O2. The molecule has 2 nitrogen and oxygen atoms in total. The first-order chi connectivity index (χ1) is 9.07. The molecule has 0 bridgehead atoms. The average molecular weight is 274 g/mol. The maximum Gasteiger partial charge on any atom is 0.156 e. The summed E-state index contributed by atoms with van der Waals surface area (Å²) in [4.78, 5) is 11.9. The van der Waals surface area contributed by atoms with Crippen LogP contribution in [-0.2, 0) is 4.79 Å². The van der Waals surface area contributed by atoms with Crippen LogP contribution in [0.2, 0.25) is 0 Å². The van der Waals surface area contributed by atoms with E-state index in [9.17, 15) is 4.79 Å². The Labute approximate surface area is 122 Å². The highest BCUT2D eigenvalue weighted by molar-refractivity contribution is 5.94. The predicted octanol–water partition coefficient (Wildman–Crippen LogP) is 4.88. The molecular weight excluding hydrogens is 248 g/mol. The first-order valence-corrected chi connectivity index (χ1v) is 7.06. The second-order valence-corrected chi connectivity index (χ2v) is 7.29. The van der Waals surface area contributed by atoms with E-state index in [-0.39, 0.29) is 16.8 Å². The Morgan fingerprint density at radius 3 is 2.25 bits per heavy atom. The summed E-state index contributed by atoms with van der Waals surface area (Å²) >= 11 is 0. The molecule has 2 heteroatoms. The third-order valence-corrected chi connectivity index (χ3v) is 2.49. The molecule has 0 N–H and O–H groups in total. The molecule has 1 rings (SSSR count). The topological polar surface area (TPSA) is 26.3 Å². The first-order valence-electron chi connectivity index (χ1n) is 7.06. The summed E-state index contributed by atoms with van der Waals surface area (Å²) in [5.74, 6) is 0.947. The van der Waals surface area contributed by atoms with Crippen LogP contribution in [0.5, 0.6) is 5.75 Å². The van der Waals surface area contributed by atoms with Crippen molar-refractivity contribution >= 4 is 11.9 Å². The summed E-state index contributed by atoms with van der Waals surface area (Å²) in [6.07, 6.45) is 4.04. The molecule has 1 aromatic carbocycles. The lowest BCUT2D eigenvalue weighted by Gasteiger charge is -2.22. The highest BCUT2D eigenvalue weighted by Gasteiger charge is 2.15. The highest BCUT2D eigenvalue weighted by Crippen LogP contribution is 2.25. The number of ether oxygens (including phenoxy) is 1. The molecule has 1 aromatic rings. The summed E-state index contributed by atoms with van der Waals surface area (Å²) in [5, 5.41) is 0. The second-order valence-electron chi connectivity index (χ2n) is 7.29. The number of carbonyl (C=O) groups excluding carboxylic acids is 1. The van der Waals surface area contributed by atoms with Gasteiger partial charge in [0.2, 0.25) is 0 Å². The van der Waals surface area contributed by atoms with Crippen LogP contribution in [0.1, 0.15) is 53.5 Å². The van der Waals surface area contributed by atoms with Crippen LogP contribution in [0.3, 0.4) is 0 Å². The molecule has 0 saturated heterocycles. The van der Waals surface area contributed by atoms with E-state index in [1.165, 1.54) is 0 Å². The van der Waals surface area contributed by atoms with Gasteiger partial charge in [0, 0.05) is 12.0 Å². The van der Waals surface area contributed by atoms with Gasteiger partial charge in [0.05, 0.1) is 0 Å². The third-order valence-electron chi connectivity index (χ3n) is 2.49. The Morgan fingerprint density at radius 2 is 1.70 bits per heavy atom. The fraction of sp³-hybridized carbons (Fsp3) is 0.500. The van der Waals surface area contributed by atoms with Gasteiger partial charge in [-0.25, -0.2) is 0 Å². The molecule has 0 radical (unpaired) electrons. The molecule has 0 aliphatic carbocycles. The van der Waals surface area contributed by atoms with Crippen molar-refractivity contribution in [2.24, 2.45) is 5.41 Å². The van der Waals surface area contributed by atoms with E-state index in [2.05, 4.69) is 20.8 Å². The zero-order valence-corrected chi connectivity index (χ0v) is 13.5. The van der Waals surface area contributed by atoms with E-state index in [1.54, 1.807) is 6.08 Å². The molecule has 0 amide bonds. The van der Waals surface area contributed by atoms with E-state index in [1.807, 2.05) is 51.1 Å². The van der Waals surface area contributed by atoms with Crippen molar-refractivity contribution in [2.45, 2.75) is 53.6 Å². The summed E-state index contributed by atoms with van der Waals surface area (Å²) in [6.45, 7) is 12.2. The summed E-state index contributed by atoms with van der Waals surface area (Å²) in [6, 6.07) is 7.78. The number of carbonyl (C=O) groups is 1. The van der Waals surface area contributed by atoms with Crippen molar-refractivity contribution in [3.05, 3.63) is 35.9 Å². The number of benzene rings is 1. The molecule has 20 heavy (non-hydrogen) atoms. The highest BCUT2D eigenvalue weighted by atomic mass is 16.5. The maximum atomic E-state index is 11.9. The van der Waals surface area contributed by atoms with Crippen LogP contribution in [-0.4, -0.2) is 11.4 Å². The minimum atomic E-state index is -0.251. The van der Waals surface area contributed by atoms with Gasteiger partial charge < -0.3 is 4.74 Å². The summed E-state index contributed by atoms with van der Waals surface area (Å²) in [7, 11) is 0. The third kappa shape index (κ3) is 6.55. The molecule has 0 aliphatic rings. The number of para-hydroxylation sites is 1. The number of rotatable bonds is 4. The van der Waals surface area contributed by atoms with Crippen molar-refractivity contribution < 1.29 is 9.53 Å². The molecule has 0 unspecified atom stereocenters. The van der Waals surface area contributed by atoms with E-state index in [4.69, 9.17) is 4.74 Å². The van der Waals surface area contributed by atoms with Gasteiger partial charge in [-0.2, -0.15) is 0 Å². The Bertz CT molecular complexity index is 485. The number of ketones is 1. The van der Waals surface area contributed by atoms with Gasteiger partial charge in [-0.05, 0) is 44.4 Å². The van der Waals surface area contributed by atoms with Gasteiger partial charge in [0.25, 0.3) is 0 Å². The maximum absolute atomic E-state index is 11.9. The molecule has 0 saturated carbocycles. The van der Waals surface area contributed by atoms with Crippen molar-refractivity contribution in [2.75, 3.05) is 0 Å². The molecule has 110 valence electrons. The smallest absolute Gasteiger partial charge is 0.156 e. The first kappa shape index (κ1) is 16.5. The molecule has 0 spiro atoms. The van der Waals surface area contributed by atoms with Crippen LogP contribution in [0.15, 0.2) is 30.3 Å². The van der Waals surface area contributed by atoms with Gasteiger partial charge in [0.15, 0.2) is 5.78 Å². The van der Waals surface area contributed by atoms with Gasteiger partial charge in [-0.3, -0.25) is 4.79 Å². The normalized spacial score (nSPS) is 12.7. The lowest BCUT2D eigenvalue weighted by molar-refractivity contribution is -0.116. The average Bonchev–Trinajstić information content (AvgIpc) is 2.23. The van der Waals surface area contributed by atoms with E-state index < -0.39 is 0 Å². The number of hydrogen-bond donors (Lipinski definition) is 0. The van der Waals surface area contributed by atoms with Gasteiger partial charge in [0.1, 0.15) is 11.4 Å². The SMILES string of the molecule is CC(C)(C)CC(=O)/C=C/c1ccccc1OC(C)(C)C. The zero-order chi connectivity index (χ0) is 15.4. The van der Waals surface area contributed by atoms with Crippen LogP contribution < -0.4 is 4.74 Å². The fourth-order valence-corrected chi connectivity index (χ4v) is 1.81. The molecule has 0 heterocycles. The summed E-state index contributed by atoms with van der Waals surface area (Å²) < 4.78 is 5.90. The Hall–Kier alpha value is -1.57. The molecule has 0 fully saturated rings. The monoisotopic (exact) mass is 274 g/mol. The largest absolute Gasteiger partial charge is 0.488 e. The Balaban J connectivity index is 2.85. The van der Waals surface area contributed by atoms with Crippen LogP contribution in [0, 0.1) is 5.41 Å². The van der Waals surface area contributed by atoms with E-state index in [0.29, 0.717) is 6.42 Å². The van der Waals surface area contributed by atoms with Gasteiger partial charge >= 0.3 is 0 Å². The minimum absolute atomic E-state index is 0.0167. The molecule has 0 aromatic heterocycles. The predicted molar refractivity (Wildman–Crippen MR) is 84.9 cm³/mol. The van der Waals surface area contributed by atoms with Crippen molar-refractivity contribution in [1.82, 2.24) is 0 Å².